The number of aromatic nitrogens is 2. The number of carbonyl (C=O) groups excluding carboxylic acids is 1. The van der Waals surface area contributed by atoms with Crippen LogP contribution in [0.1, 0.15) is 16.1 Å². The van der Waals surface area contributed by atoms with Crippen LogP contribution in [0.25, 0.3) is 5.65 Å². The average Bonchev–Trinajstić information content (AvgIpc) is 2.99. The second kappa shape index (κ2) is 6.69. The lowest BCUT2D eigenvalue weighted by Gasteiger charge is -1.98. The predicted octanol–water partition coefficient (Wildman–Crippen LogP) is 2.47. The molecule has 0 aliphatic rings. The van der Waals surface area contributed by atoms with Crippen LogP contribution in [0.15, 0.2) is 52.3 Å². The fourth-order valence-corrected chi connectivity index (χ4v) is 2.42. The number of halogens is 1. The first kappa shape index (κ1) is 16.6. The molecule has 10 heteroatoms. The van der Waals surface area contributed by atoms with Gasteiger partial charge in [-0.05, 0) is 40.2 Å². The summed E-state index contributed by atoms with van der Waals surface area (Å²) < 4.78 is 2.53. The van der Waals surface area contributed by atoms with Crippen molar-refractivity contribution in [3.8, 4) is 5.75 Å². The summed E-state index contributed by atoms with van der Waals surface area (Å²) in [6.45, 7) is 0. The average molecular weight is 404 g/mol. The van der Waals surface area contributed by atoms with Crippen molar-refractivity contribution >= 4 is 39.4 Å². The Labute approximate surface area is 148 Å². The van der Waals surface area contributed by atoms with Crippen molar-refractivity contribution < 1.29 is 14.8 Å². The molecule has 2 aromatic heterocycles. The van der Waals surface area contributed by atoms with Crippen LogP contribution in [-0.2, 0) is 0 Å². The molecule has 0 saturated carbocycles. The van der Waals surface area contributed by atoms with Gasteiger partial charge in [0.15, 0.2) is 5.75 Å². The number of nitro groups is 1. The van der Waals surface area contributed by atoms with Crippen molar-refractivity contribution in [2.75, 3.05) is 0 Å². The lowest BCUT2D eigenvalue weighted by Crippen LogP contribution is -2.17. The van der Waals surface area contributed by atoms with E-state index < -0.39 is 22.3 Å². The van der Waals surface area contributed by atoms with E-state index in [1.807, 2.05) is 0 Å². The van der Waals surface area contributed by atoms with E-state index in [9.17, 15) is 20.0 Å². The number of fused-ring (bicyclic) bond motifs is 1. The maximum atomic E-state index is 12.1. The number of rotatable bonds is 4. The summed E-state index contributed by atoms with van der Waals surface area (Å²) in [7, 11) is 0. The van der Waals surface area contributed by atoms with Crippen molar-refractivity contribution in [2.24, 2.45) is 5.10 Å². The highest BCUT2D eigenvalue weighted by Crippen LogP contribution is 2.25. The summed E-state index contributed by atoms with van der Waals surface area (Å²) in [5.41, 5.74) is 2.98. The quantitative estimate of drug-likeness (QED) is 0.393. The van der Waals surface area contributed by atoms with Crippen molar-refractivity contribution in [1.82, 2.24) is 14.8 Å². The molecule has 0 saturated heterocycles. The molecule has 126 valence electrons. The largest absolute Gasteiger partial charge is 0.502 e. The Hall–Kier alpha value is -3.27. The number of nitro benzene ring substituents is 1. The van der Waals surface area contributed by atoms with E-state index in [1.54, 1.807) is 28.9 Å². The van der Waals surface area contributed by atoms with Crippen molar-refractivity contribution in [3.05, 3.63) is 68.6 Å². The molecule has 3 rings (SSSR count). The van der Waals surface area contributed by atoms with Gasteiger partial charge in [0.25, 0.3) is 5.91 Å². The monoisotopic (exact) mass is 403 g/mol. The van der Waals surface area contributed by atoms with Gasteiger partial charge in [-0.2, -0.15) is 5.10 Å². The van der Waals surface area contributed by atoms with E-state index in [0.717, 1.165) is 10.5 Å². The molecule has 3 aromatic rings. The fraction of sp³-hybridized carbons (Fsp3) is 0. The summed E-state index contributed by atoms with van der Waals surface area (Å²) in [6.07, 6.45) is 4.55. The Morgan fingerprint density at radius 2 is 2.16 bits per heavy atom. The molecule has 0 spiro atoms. The van der Waals surface area contributed by atoms with E-state index in [2.05, 4.69) is 31.4 Å². The van der Waals surface area contributed by atoms with Gasteiger partial charge in [-0.25, -0.2) is 10.4 Å². The molecule has 0 radical (unpaired) electrons. The number of phenols is 1. The van der Waals surface area contributed by atoms with Gasteiger partial charge in [0.2, 0.25) is 0 Å². The molecule has 0 fully saturated rings. The third-order valence-corrected chi connectivity index (χ3v) is 3.69. The topological polar surface area (TPSA) is 122 Å². The zero-order valence-corrected chi connectivity index (χ0v) is 14.0. The Bertz CT molecular complexity index is 1010. The first-order chi connectivity index (χ1) is 11.9. The number of hydrogen-bond donors (Lipinski definition) is 2. The van der Waals surface area contributed by atoms with E-state index in [1.165, 1.54) is 18.3 Å². The maximum absolute atomic E-state index is 12.1. The lowest BCUT2D eigenvalue weighted by molar-refractivity contribution is -0.385. The third kappa shape index (κ3) is 3.63. The zero-order chi connectivity index (χ0) is 18.0. The molecule has 9 nitrogen and oxygen atoms in total. The van der Waals surface area contributed by atoms with Crippen LogP contribution >= 0.6 is 15.9 Å². The van der Waals surface area contributed by atoms with Crippen molar-refractivity contribution in [1.29, 1.82) is 0 Å². The number of carbonyl (C=O) groups is 1. The second-order valence-electron chi connectivity index (χ2n) is 4.94. The second-order valence-corrected chi connectivity index (χ2v) is 5.86. The molecular formula is C15H10BrN5O4. The number of nitrogens with one attached hydrogen (secondary N) is 1. The maximum Gasteiger partial charge on any atom is 0.311 e. The summed E-state index contributed by atoms with van der Waals surface area (Å²) in [6, 6.07) is 7.31. The number of aromatic hydroxyl groups is 1. The van der Waals surface area contributed by atoms with Gasteiger partial charge in [0.1, 0.15) is 11.3 Å². The Balaban J connectivity index is 1.73. The Morgan fingerprint density at radius 3 is 2.92 bits per heavy atom. The van der Waals surface area contributed by atoms with Gasteiger partial charge >= 0.3 is 5.69 Å². The van der Waals surface area contributed by atoms with Crippen LogP contribution < -0.4 is 5.43 Å². The molecule has 2 heterocycles. The van der Waals surface area contributed by atoms with Crippen LogP contribution in [0.4, 0.5) is 5.69 Å². The molecular weight excluding hydrogens is 394 g/mol. The highest BCUT2D eigenvalue weighted by atomic mass is 79.9. The summed E-state index contributed by atoms with van der Waals surface area (Å²) in [4.78, 5) is 26.3. The summed E-state index contributed by atoms with van der Waals surface area (Å²) in [5.74, 6) is -0.966. The first-order valence-corrected chi connectivity index (χ1v) is 7.68. The highest BCUT2D eigenvalue weighted by molar-refractivity contribution is 9.10. The number of pyridine rings is 1. The molecule has 0 aliphatic heterocycles. The number of hydrazone groups is 1. The van der Waals surface area contributed by atoms with E-state index in [4.69, 9.17) is 0 Å². The minimum Gasteiger partial charge on any atom is -0.502 e. The molecule has 0 atom stereocenters. The molecule has 0 aliphatic carbocycles. The Kier molecular flexibility index (Phi) is 4.44. The van der Waals surface area contributed by atoms with Crippen LogP contribution in [0, 0.1) is 10.1 Å². The number of benzene rings is 1. The molecule has 1 aromatic carbocycles. The standard InChI is InChI=1S/C15H10BrN5O4/c16-10-2-4-14-18-11(8-20(14)7-10)15(23)19-17-6-9-1-3-13(22)12(5-9)21(24)25/h1-8,22H,(H,19,23)/b17-6-. The summed E-state index contributed by atoms with van der Waals surface area (Å²) in [5, 5.41) is 23.9. The number of nitrogens with zero attached hydrogens (tertiary/aromatic N) is 4. The normalized spacial score (nSPS) is 11.1. The number of phenolic OH excluding ortho intramolecular Hbond substituents is 1. The lowest BCUT2D eigenvalue weighted by atomic mass is 10.2. The molecule has 2 N–H and O–H groups in total. The molecule has 25 heavy (non-hydrogen) atoms. The van der Waals surface area contributed by atoms with Crippen molar-refractivity contribution in [2.45, 2.75) is 0 Å². The fourth-order valence-electron chi connectivity index (χ4n) is 2.06. The molecule has 0 unspecified atom stereocenters. The Morgan fingerprint density at radius 1 is 1.36 bits per heavy atom. The van der Waals surface area contributed by atoms with Crippen LogP contribution in [0.3, 0.4) is 0 Å². The number of imidazole rings is 1. The minimum absolute atomic E-state index is 0.173. The van der Waals surface area contributed by atoms with Gasteiger partial charge in [0.05, 0.1) is 11.1 Å². The smallest absolute Gasteiger partial charge is 0.311 e. The molecule has 0 bridgehead atoms. The van der Waals surface area contributed by atoms with Gasteiger partial charge < -0.3 is 9.51 Å². The van der Waals surface area contributed by atoms with Gasteiger partial charge in [-0.1, -0.05) is 0 Å². The zero-order valence-electron chi connectivity index (χ0n) is 12.5. The third-order valence-electron chi connectivity index (χ3n) is 3.22. The van der Waals surface area contributed by atoms with E-state index in [-0.39, 0.29) is 5.69 Å². The predicted molar refractivity (Wildman–Crippen MR) is 92.7 cm³/mol. The van der Waals surface area contributed by atoms with E-state index in [0.29, 0.717) is 11.2 Å². The van der Waals surface area contributed by atoms with Crippen molar-refractivity contribution in [3.63, 3.8) is 0 Å². The minimum atomic E-state index is -0.708. The number of amides is 1. The number of hydrogen-bond acceptors (Lipinski definition) is 6. The van der Waals surface area contributed by atoms with Gasteiger partial charge in [0, 0.05) is 28.5 Å². The van der Waals surface area contributed by atoms with Crippen LogP contribution in [-0.4, -0.2) is 31.5 Å². The summed E-state index contributed by atoms with van der Waals surface area (Å²) >= 11 is 3.33. The van der Waals surface area contributed by atoms with E-state index >= 15 is 0 Å². The molecule has 1 amide bonds. The van der Waals surface area contributed by atoms with Crippen LogP contribution in [0.5, 0.6) is 5.75 Å². The SMILES string of the molecule is O=C(N/N=C\c1ccc(O)c([N+](=O)[O-])c1)c1cn2cc(Br)ccc2n1. The van der Waals surface area contributed by atoms with Crippen LogP contribution in [0.2, 0.25) is 0 Å². The van der Waals surface area contributed by atoms with Gasteiger partial charge in [-0.3, -0.25) is 14.9 Å². The van der Waals surface area contributed by atoms with Gasteiger partial charge in [-0.15, -0.1) is 0 Å². The first-order valence-electron chi connectivity index (χ1n) is 6.89. The highest BCUT2D eigenvalue weighted by Gasteiger charge is 2.13.